The van der Waals surface area contributed by atoms with Crippen LogP contribution in [0.3, 0.4) is 0 Å². The van der Waals surface area contributed by atoms with Gasteiger partial charge >= 0.3 is 6.18 Å². The monoisotopic (exact) mass is 396 g/mol. The zero-order valence-electron chi connectivity index (χ0n) is 13.6. The molecule has 0 bridgehead atoms. The molecule has 4 nitrogen and oxygen atoms in total. The number of imide groups is 1. The molecule has 1 aliphatic heterocycles. The number of anilines is 1. The number of carbonyl (C=O) groups excluding carboxylic acids is 2. The predicted octanol–water partition coefficient (Wildman–Crippen LogP) is 4.95. The number of amides is 2. The maximum absolute atomic E-state index is 13.2. The van der Waals surface area contributed by atoms with Crippen LogP contribution in [0.4, 0.5) is 28.0 Å². The van der Waals surface area contributed by atoms with Gasteiger partial charge in [-0.3, -0.25) is 14.5 Å². The Kier molecular flexibility index (Phi) is 5.22. The lowest BCUT2D eigenvalue weighted by molar-refractivity contribution is -0.137. The van der Waals surface area contributed by atoms with Gasteiger partial charge < -0.3 is 5.32 Å². The minimum Gasteiger partial charge on any atom is -0.367 e. The fourth-order valence-electron chi connectivity index (χ4n) is 2.43. The van der Waals surface area contributed by atoms with Crippen molar-refractivity contribution >= 4 is 34.7 Å². The van der Waals surface area contributed by atoms with Crippen molar-refractivity contribution in [1.29, 1.82) is 0 Å². The van der Waals surface area contributed by atoms with E-state index in [2.05, 4.69) is 5.32 Å². The third kappa shape index (κ3) is 4.30. The smallest absolute Gasteiger partial charge is 0.367 e. The first-order valence-corrected chi connectivity index (χ1v) is 8.48. The van der Waals surface area contributed by atoms with Gasteiger partial charge in [-0.15, -0.1) is 0 Å². The molecule has 0 radical (unpaired) electrons. The maximum atomic E-state index is 13.2. The number of hydrogen-bond donors (Lipinski definition) is 1. The van der Waals surface area contributed by atoms with Crippen LogP contribution in [0.25, 0.3) is 6.08 Å². The molecule has 1 N–H and O–H groups in total. The van der Waals surface area contributed by atoms with Gasteiger partial charge in [-0.1, -0.05) is 24.3 Å². The average molecular weight is 396 g/mol. The van der Waals surface area contributed by atoms with Crippen LogP contribution in [0.15, 0.2) is 53.4 Å². The summed E-state index contributed by atoms with van der Waals surface area (Å²) in [6, 6.07) is 10.2. The molecule has 0 saturated carbocycles. The number of thioether (sulfide) groups is 1. The van der Waals surface area contributed by atoms with Gasteiger partial charge in [0.1, 0.15) is 5.82 Å². The van der Waals surface area contributed by atoms with Gasteiger partial charge in [-0.2, -0.15) is 13.2 Å². The van der Waals surface area contributed by atoms with Crippen molar-refractivity contribution in [3.63, 3.8) is 0 Å². The number of rotatable bonds is 4. The Hall–Kier alpha value is -2.81. The zero-order chi connectivity index (χ0) is 19.6. The summed E-state index contributed by atoms with van der Waals surface area (Å²) >= 11 is 0.641. The highest BCUT2D eigenvalue weighted by Gasteiger charge is 2.36. The van der Waals surface area contributed by atoms with Crippen LogP contribution in [0.5, 0.6) is 0 Å². The second kappa shape index (κ2) is 7.43. The van der Waals surface area contributed by atoms with Gasteiger partial charge in [-0.05, 0) is 47.7 Å². The third-order valence-corrected chi connectivity index (χ3v) is 4.59. The van der Waals surface area contributed by atoms with E-state index in [1.54, 1.807) is 6.07 Å². The molecule has 2 aromatic rings. The standard InChI is InChI=1S/C18H12F4N2O2S/c19-12-5-3-4-11(8-12)9-15-16(25)24(17(26)27-15)10-23-14-7-2-1-6-13(14)18(20,21)22/h1-9,23H,10H2/b15-9-. The van der Waals surface area contributed by atoms with Crippen LogP contribution in [0, 0.1) is 5.82 Å². The molecule has 0 aromatic heterocycles. The van der Waals surface area contributed by atoms with Crippen molar-refractivity contribution in [3.05, 3.63) is 70.4 Å². The van der Waals surface area contributed by atoms with Crippen LogP contribution in [-0.4, -0.2) is 22.7 Å². The van der Waals surface area contributed by atoms with E-state index in [1.807, 2.05) is 0 Å². The quantitative estimate of drug-likeness (QED) is 0.587. The Morgan fingerprint density at radius 3 is 2.52 bits per heavy atom. The number of halogens is 4. The maximum Gasteiger partial charge on any atom is 0.418 e. The van der Waals surface area contributed by atoms with Gasteiger partial charge in [-0.25, -0.2) is 4.39 Å². The highest BCUT2D eigenvalue weighted by molar-refractivity contribution is 8.18. The Morgan fingerprint density at radius 1 is 1.07 bits per heavy atom. The Morgan fingerprint density at radius 2 is 1.81 bits per heavy atom. The van der Waals surface area contributed by atoms with E-state index < -0.39 is 35.4 Å². The van der Waals surface area contributed by atoms with Crippen LogP contribution in [0.2, 0.25) is 0 Å². The lowest BCUT2D eigenvalue weighted by atomic mass is 10.1. The minimum atomic E-state index is -4.57. The summed E-state index contributed by atoms with van der Waals surface area (Å²) in [5, 5.41) is 1.85. The average Bonchev–Trinajstić information content (AvgIpc) is 2.86. The Bertz CT molecular complexity index is 928. The van der Waals surface area contributed by atoms with E-state index in [0.29, 0.717) is 17.3 Å². The Balaban J connectivity index is 1.76. The molecule has 1 heterocycles. The molecule has 27 heavy (non-hydrogen) atoms. The summed E-state index contributed by atoms with van der Waals surface area (Å²) in [6.07, 6.45) is -3.21. The second-order valence-electron chi connectivity index (χ2n) is 5.54. The lowest BCUT2D eigenvalue weighted by Gasteiger charge is -2.18. The predicted molar refractivity (Wildman–Crippen MR) is 94.1 cm³/mol. The SMILES string of the molecule is O=C1S/C(=C\c2cccc(F)c2)C(=O)N1CNc1ccccc1C(F)(F)F. The zero-order valence-corrected chi connectivity index (χ0v) is 14.4. The summed E-state index contributed by atoms with van der Waals surface area (Å²) < 4.78 is 52.3. The van der Waals surface area contributed by atoms with Gasteiger partial charge in [0, 0.05) is 5.69 Å². The number of hydrogen-bond acceptors (Lipinski definition) is 4. The highest BCUT2D eigenvalue weighted by Crippen LogP contribution is 2.36. The van der Waals surface area contributed by atoms with Gasteiger partial charge in [0.05, 0.1) is 17.1 Å². The van der Waals surface area contributed by atoms with Crippen LogP contribution < -0.4 is 5.32 Å². The highest BCUT2D eigenvalue weighted by atomic mass is 32.2. The molecule has 0 spiro atoms. The number of para-hydroxylation sites is 1. The normalized spacial score (nSPS) is 16.3. The van der Waals surface area contributed by atoms with E-state index >= 15 is 0 Å². The summed E-state index contributed by atoms with van der Waals surface area (Å²) in [6.45, 7) is -0.418. The van der Waals surface area contributed by atoms with Crippen LogP contribution in [-0.2, 0) is 11.0 Å². The topological polar surface area (TPSA) is 49.4 Å². The summed E-state index contributed by atoms with van der Waals surface area (Å²) in [4.78, 5) is 25.3. The number of benzene rings is 2. The summed E-state index contributed by atoms with van der Waals surface area (Å²) in [5.41, 5.74) is -0.735. The minimum absolute atomic E-state index is 0.0662. The second-order valence-corrected chi connectivity index (χ2v) is 6.54. The van der Waals surface area contributed by atoms with Crippen molar-refractivity contribution in [2.24, 2.45) is 0 Å². The van der Waals surface area contributed by atoms with E-state index in [1.165, 1.54) is 42.5 Å². The molecule has 0 aliphatic carbocycles. The number of carbonyl (C=O) groups is 2. The van der Waals surface area contributed by atoms with Crippen molar-refractivity contribution in [2.75, 3.05) is 12.0 Å². The van der Waals surface area contributed by atoms with Crippen molar-refractivity contribution in [2.45, 2.75) is 6.18 Å². The molecule has 0 atom stereocenters. The molecular weight excluding hydrogens is 384 g/mol. The fourth-order valence-corrected chi connectivity index (χ4v) is 3.27. The third-order valence-electron chi connectivity index (χ3n) is 3.68. The molecule has 0 unspecified atom stereocenters. The molecule has 2 aromatic carbocycles. The van der Waals surface area contributed by atoms with E-state index in [0.717, 1.165) is 11.0 Å². The first-order valence-electron chi connectivity index (χ1n) is 7.67. The number of alkyl halides is 3. The number of nitrogens with one attached hydrogen (secondary N) is 1. The van der Waals surface area contributed by atoms with Gasteiger partial charge in [0.2, 0.25) is 0 Å². The van der Waals surface area contributed by atoms with E-state index in [4.69, 9.17) is 0 Å². The molecule has 140 valence electrons. The van der Waals surface area contributed by atoms with Crippen LogP contribution in [0.1, 0.15) is 11.1 Å². The largest absolute Gasteiger partial charge is 0.418 e. The molecule has 1 saturated heterocycles. The number of nitrogens with zero attached hydrogens (tertiary/aromatic N) is 1. The van der Waals surface area contributed by atoms with Crippen molar-refractivity contribution in [1.82, 2.24) is 4.90 Å². The molecule has 1 fully saturated rings. The lowest BCUT2D eigenvalue weighted by Crippen LogP contribution is -2.33. The fraction of sp³-hybridized carbons (Fsp3) is 0.111. The van der Waals surface area contributed by atoms with Crippen molar-refractivity contribution in [3.8, 4) is 0 Å². The summed E-state index contributed by atoms with van der Waals surface area (Å²) in [5.74, 6) is -1.15. The first kappa shape index (κ1) is 19.0. The molecule has 3 rings (SSSR count). The van der Waals surface area contributed by atoms with Crippen LogP contribution >= 0.6 is 11.8 Å². The molecule has 2 amide bonds. The first-order chi connectivity index (χ1) is 12.8. The van der Waals surface area contributed by atoms with E-state index in [-0.39, 0.29) is 10.6 Å². The van der Waals surface area contributed by atoms with Gasteiger partial charge in [0.15, 0.2) is 0 Å². The van der Waals surface area contributed by atoms with E-state index in [9.17, 15) is 27.2 Å². The Labute approximate surface area is 155 Å². The van der Waals surface area contributed by atoms with Crippen molar-refractivity contribution < 1.29 is 27.2 Å². The molecule has 1 aliphatic rings. The molecule has 9 heteroatoms. The molecular formula is C18H12F4N2O2S. The summed E-state index contributed by atoms with van der Waals surface area (Å²) in [7, 11) is 0. The van der Waals surface area contributed by atoms with Gasteiger partial charge in [0.25, 0.3) is 11.1 Å².